The van der Waals surface area contributed by atoms with Crippen LogP contribution in [0.4, 0.5) is 5.00 Å². The minimum Gasteiger partial charge on any atom is -0.462 e. The molecule has 1 aliphatic heterocycles. The van der Waals surface area contributed by atoms with E-state index >= 15 is 0 Å². The van der Waals surface area contributed by atoms with Crippen molar-refractivity contribution in [3.63, 3.8) is 0 Å². The van der Waals surface area contributed by atoms with Gasteiger partial charge in [0.2, 0.25) is 5.91 Å². The number of nitrogens with zero attached hydrogens (tertiary/aromatic N) is 2. The van der Waals surface area contributed by atoms with Gasteiger partial charge < -0.3 is 19.4 Å². The maximum Gasteiger partial charge on any atom is 0.341 e. The number of esters is 1. The van der Waals surface area contributed by atoms with E-state index in [1.54, 1.807) is 30.9 Å². The zero-order valence-corrected chi connectivity index (χ0v) is 18.5. The van der Waals surface area contributed by atoms with E-state index in [1.165, 1.54) is 13.2 Å². The van der Waals surface area contributed by atoms with E-state index < -0.39 is 5.97 Å². The summed E-state index contributed by atoms with van der Waals surface area (Å²) in [6.07, 6.45) is 1.46. The maximum absolute atomic E-state index is 12.6. The summed E-state index contributed by atoms with van der Waals surface area (Å²) < 4.78 is 10.2. The molecule has 1 fully saturated rings. The Hall–Kier alpha value is -2.98. The number of piperazine rings is 1. The molecule has 1 N–H and O–H groups in total. The van der Waals surface area contributed by atoms with E-state index in [0.29, 0.717) is 47.4 Å². The fourth-order valence-electron chi connectivity index (χ4n) is 3.42. The predicted molar refractivity (Wildman–Crippen MR) is 115 cm³/mol. The monoisotopic (exact) mass is 447 g/mol. The lowest BCUT2D eigenvalue weighted by Gasteiger charge is -2.33. The molecule has 0 spiro atoms. The Labute approximate surface area is 183 Å². The average Bonchev–Trinajstić information content (AvgIpc) is 3.36. The highest BCUT2D eigenvalue weighted by molar-refractivity contribution is 7.18. The molecule has 9 nitrogen and oxygen atoms in total. The van der Waals surface area contributed by atoms with Gasteiger partial charge in [-0.2, -0.15) is 0 Å². The van der Waals surface area contributed by atoms with Crippen molar-refractivity contribution in [1.29, 1.82) is 0 Å². The van der Waals surface area contributed by atoms with Crippen LogP contribution in [0.25, 0.3) is 0 Å². The molecule has 31 heavy (non-hydrogen) atoms. The molecule has 1 aliphatic rings. The van der Waals surface area contributed by atoms with Crippen molar-refractivity contribution < 1.29 is 28.3 Å². The molecule has 1 saturated heterocycles. The lowest BCUT2D eigenvalue weighted by atomic mass is 10.1. The van der Waals surface area contributed by atoms with Crippen molar-refractivity contribution in [1.82, 2.24) is 9.80 Å². The smallest absolute Gasteiger partial charge is 0.341 e. The Morgan fingerprint density at radius 2 is 1.90 bits per heavy atom. The number of hydrogen-bond acceptors (Lipinski definition) is 8. The normalized spacial score (nSPS) is 14.4. The molecule has 166 valence electrons. The van der Waals surface area contributed by atoms with Gasteiger partial charge in [0.05, 0.1) is 29.9 Å². The first-order valence-corrected chi connectivity index (χ1v) is 10.8. The highest BCUT2D eigenvalue weighted by Gasteiger charge is 2.27. The molecule has 0 saturated carbocycles. The molecule has 0 atom stereocenters. The van der Waals surface area contributed by atoms with Gasteiger partial charge in [-0.3, -0.25) is 19.3 Å². The highest BCUT2D eigenvalue weighted by atomic mass is 32.1. The molecular weight excluding hydrogens is 422 g/mol. The molecule has 2 amide bonds. The summed E-state index contributed by atoms with van der Waals surface area (Å²) in [4.78, 5) is 53.2. The van der Waals surface area contributed by atoms with Crippen molar-refractivity contribution in [3.05, 3.63) is 40.2 Å². The first-order valence-electron chi connectivity index (χ1n) is 9.98. The Morgan fingerprint density at radius 1 is 1.19 bits per heavy atom. The molecule has 0 radical (unpaired) electrons. The molecule has 0 unspecified atom stereocenters. The molecule has 2 aromatic rings. The Kier molecular flexibility index (Phi) is 7.24. The van der Waals surface area contributed by atoms with Gasteiger partial charge in [0.25, 0.3) is 5.91 Å². The van der Waals surface area contributed by atoms with Gasteiger partial charge in [-0.25, -0.2) is 4.79 Å². The van der Waals surface area contributed by atoms with Crippen LogP contribution in [0.5, 0.6) is 0 Å². The van der Waals surface area contributed by atoms with E-state index in [1.807, 2.05) is 4.90 Å². The van der Waals surface area contributed by atoms with Gasteiger partial charge in [-0.15, -0.1) is 11.3 Å². The molecule has 3 heterocycles. The molecule has 2 aromatic heterocycles. The number of carbonyl (C=O) groups excluding carboxylic acids is 4. The number of amides is 2. The van der Waals surface area contributed by atoms with Crippen molar-refractivity contribution in [2.75, 3.05) is 44.6 Å². The lowest BCUT2D eigenvalue weighted by Crippen LogP contribution is -2.50. The maximum atomic E-state index is 12.6. The number of Topliss-reactive ketones (excluding diaryl/α,β-unsaturated/α-hetero) is 1. The van der Waals surface area contributed by atoms with E-state index in [2.05, 4.69) is 5.32 Å². The topological polar surface area (TPSA) is 109 Å². The van der Waals surface area contributed by atoms with E-state index in [4.69, 9.17) is 9.15 Å². The van der Waals surface area contributed by atoms with Crippen molar-refractivity contribution in [2.45, 2.75) is 20.8 Å². The van der Waals surface area contributed by atoms with E-state index in [-0.39, 0.29) is 36.3 Å². The number of nitrogens with one attached hydrogen (secondary N) is 1. The van der Waals surface area contributed by atoms with Gasteiger partial charge in [-0.1, -0.05) is 0 Å². The molecule has 10 heteroatoms. The number of rotatable bonds is 7. The summed E-state index contributed by atoms with van der Waals surface area (Å²) in [6, 6.07) is 3.30. The van der Waals surface area contributed by atoms with Crippen molar-refractivity contribution in [3.8, 4) is 0 Å². The molecular formula is C21H25N3O6S. The number of hydrogen-bond donors (Lipinski definition) is 1. The Balaban J connectivity index is 1.61. The van der Waals surface area contributed by atoms with E-state index in [9.17, 15) is 19.2 Å². The third-order valence-corrected chi connectivity index (χ3v) is 6.27. The van der Waals surface area contributed by atoms with Crippen molar-refractivity contribution in [2.24, 2.45) is 0 Å². The van der Waals surface area contributed by atoms with Crippen LogP contribution in [-0.4, -0.2) is 72.7 Å². The van der Waals surface area contributed by atoms with Gasteiger partial charge in [0.15, 0.2) is 11.5 Å². The summed E-state index contributed by atoms with van der Waals surface area (Å²) in [7, 11) is 0. The molecule has 0 aromatic carbocycles. The zero-order valence-electron chi connectivity index (χ0n) is 17.7. The second-order valence-electron chi connectivity index (χ2n) is 7.13. The number of anilines is 1. The number of thiophene rings is 1. The van der Waals surface area contributed by atoms with Crippen LogP contribution in [-0.2, 0) is 9.53 Å². The van der Waals surface area contributed by atoms with E-state index in [0.717, 1.165) is 11.3 Å². The summed E-state index contributed by atoms with van der Waals surface area (Å²) in [5.74, 6) is -0.909. The summed E-state index contributed by atoms with van der Waals surface area (Å²) >= 11 is 1.08. The van der Waals surface area contributed by atoms with Crippen LogP contribution in [0.3, 0.4) is 0 Å². The fourth-order valence-corrected chi connectivity index (χ4v) is 4.53. The highest BCUT2D eigenvalue weighted by Crippen LogP contribution is 2.34. The third kappa shape index (κ3) is 5.20. The van der Waals surface area contributed by atoms with Crippen LogP contribution in [0, 0.1) is 6.92 Å². The minimum atomic E-state index is -0.566. The summed E-state index contributed by atoms with van der Waals surface area (Å²) in [5, 5.41) is 3.08. The zero-order chi connectivity index (χ0) is 22.5. The van der Waals surface area contributed by atoms with Crippen LogP contribution >= 0.6 is 11.3 Å². The molecule has 3 rings (SSSR count). The Morgan fingerprint density at radius 3 is 2.48 bits per heavy atom. The fraction of sp³-hybridized carbons (Fsp3) is 0.429. The van der Waals surface area contributed by atoms with Gasteiger partial charge in [0, 0.05) is 26.2 Å². The second kappa shape index (κ2) is 9.88. The van der Waals surface area contributed by atoms with Crippen LogP contribution < -0.4 is 5.32 Å². The summed E-state index contributed by atoms with van der Waals surface area (Å²) in [6.45, 7) is 7.11. The van der Waals surface area contributed by atoms with Gasteiger partial charge in [0.1, 0.15) is 5.00 Å². The quantitative estimate of drug-likeness (QED) is 0.513. The number of furan rings is 1. The van der Waals surface area contributed by atoms with Crippen molar-refractivity contribution >= 4 is 39.9 Å². The largest absolute Gasteiger partial charge is 0.462 e. The van der Waals surface area contributed by atoms with Gasteiger partial charge >= 0.3 is 5.97 Å². The first kappa shape index (κ1) is 22.7. The minimum absolute atomic E-state index is 0.109. The molecule has 0 aliphatic carbocycles. The third-order valence-electron chi connectivity index (χ3n) is 4.96. The first-order chi connectivity index (χ1) is 14.8. The standard InChI is InChI=1S/C21H25N3O6S/c1-4-29-21(28)17-13(2)18(14(3)25)31-19(17)22-16(26)12-23-7-9-24(10-8-23)20(27)15-6-5-11-30-15/h5-6,11H,4,7-10,12H2,1-3H3,(H,22,26). The number of ketones is 1. The SMILES string of the molecule is CCOC(=O)c1c(NC(=O)CN2CCN(C(=O)c3ccco3)CC2)sc(C(C)=O)c1C. The number of ether oxygens (including phenoxy) is 1. The summed E-state index contributed by atoms with van der Waals surface area (Å²) in [5.41, 5.74) is 0.732. The molecule has 0 bridgehead atoms. The average molecular weight is 448 g/mol. The lowest BCUT2D eigenvalue weighted by molar-refractivity contribution is -0.117. The van der Waals surface area contributed by atoms with Gasteiger partial charge in [-0.05, 0) is 38.5 Å². The Bertz CT molecular complexity index is 974. The van der Waals surface area contributed by atoms with Crippen LogP contribution in [0.2, 0.25) is 0 Å². The van der Waals surface area contributed by atoms with Crippen LogP contribution in [0.1, 0.15) is 50.0 Å². The predicted octanol–water partition coefficient (Wildman–Crippen LogP) is 2.43. The van der Waals surface area contributed by atoms with Crippen LogP contribution in [0.15, 0.2) is 22.8 Å². The second-order valence-corrected chi connectivity index (χ2v) is 8.15. The number of carbonyl (C=O) groups is 4.